The van der Waals surface area contributed by atoms with Gasteiger partial charge < -0.3 is 9.84 Å². The highest BCUT2D eigenvalue weighted by molar-refractivity contribution is 6.33. The second kappa shape index (κ2) is 6.86. The van der Waals surface area contributed by atoms with Crippen LogP contribution in [0.3, 0.4) is 0 Å². The molecule has 1 aliphatic heterocycles. The highest BCUT2D eigenvalue weighted by atomic mass is 35.5. The molecule has 142 valence electrons. The van der Waals surface area contributed by atoms with E-state index in [9.17, 15) is 23.1 Å². The number of benzene rings is 2. The largest absolute Gasteiger partial charge is 0.497 e. The first-order valence-electron chi connectivity index (χ1n) is 7.77. The Kier molecular flexibility index (Phi) is 4.88. The minimum absolute atomic E-state index is 0.0416. The van der Waals surface area contributed by atoms with Crippen molar-refractivity contribution >= 4 is 23.2 Å². The number of hydrogen-bond donors (Lipinski definition) is 1. The summed E-state index contributed by atoms with van der Waals surface area (Å²) in [6.07, 6.45) is -6.03. The summed E-state index contributed by atoms with van der Waals surface area (Å²) in [5, 5.41) is 14.1. The molecule has 2 aromatic rings. The monoisotopic (exact) mass is 398 g/mol. The molecule has 0 radical (unpaired) electrons. The second-order valence-electron chi connectivity index (χ2n) is 5.86. The van der Waals surface area contributed by atoms with Crippen molar-refractivity contribution in [1.82, 2.24) is 5.01 Å². The molecule has 9 heteroatoms. The first-order valence-corrected chi connectivity index (χ1v) is 8.15. The fourth-order valence-electron chi connectivity index (χ4n) is 2.67. The van der Waals surface area contributed by atoms with E-state index in [1.165, 1.54) is 43.5 Å². The van der Waals surface area contributed by atoms with Gasteiger partial charge in [-0.05, 0) is 42.0 Å². The predicted molar refractivity (Wildman–Crippen MR) is 92.8 cm³/mol. The van der Waals surface area contributed by atoms with Gasteiger partial charge in [0.15, 0.2) is 0 Å². The highest BCUT2D eigenvalue weighted by Crippen LogP contribution is 2.42. The van der Waals surface area contributed by atoms with Gasteiger partial charge in [0.05, 0.1) is 29.8 Å². The van der Waals surface area contributed by atoms with Crippen LogP contribution in [-0.4, -0.2) is 40.7 Å². The Hall–Kier alpha value is -2.58. The molecule has 1 amide bonds. The molecule has 1 heterocycles. The number of aliphatic hydroxyl groups is 1. The van der Waals surface area contributed by atoms with E-state index in [1.54, 1.807) is 12.1 Å². The van der Waals surface area contributed by atoms with Crippen LogP contribution in [0.25, 0.3) is 0 Å². The first-order chi connectivity index (χ1) is 12.7. The van der Waals surface area contributed by atoms with Crippen LogP contribution in [0.1, 0.15) is 22.3 Å². The van der Waals surface area contributed by atoms with Gasteiger partial charge in [-0.3, -0.25) is 4.79 Å². The van der Waals surface area contributed by atoms with Crippen LogP contribution in [-0.2, 0) is 0 Å². The summed E-state index contributed by atoms with van der Waals surface area (Å²) >= 11 is 5.92. The molecule has 0 bridgehead atoms. The highest BCUT2D eigenvalue weighted by Gasteiger charge is 2.63. The van der Waals surface area contributed by atoms with E-state index in [1.807, 2.05) is 0 Å². The van der Waals surface area contributed by atoms with Crippen molar-refractivity contribution in [2.45, 2.75) is 18.3 Å². The summed E-state index contributed by atoms with van der Waals surface area (Å²) in [5.74, 6) is -0.642. The minimum atomic E-state index is -5.12. The Balaban J connectivity index is 2.05. The summed E-state index contributed by atoms with van der Waals surface area (Å²) in [6.45, 7) is 0. The quantitative estimate of drug-likeness (QED) is 0.854. The molecule has 1 atom stereocenters. The number of rotatable bonds is 3. The summed E-state index contributed by atoms with van der Waals surface area (Å²) in [4.78, 5) is 12.7. The van der Waals surface area contributed by atoms with Gasteiger partial charge in [-0.15, -0.1) is 0 Å². The van der Waals surface area contributed by atoms with Gasteiger partial charge in [0, 0.05) is 0 Å². The molecule has 0 saturated heterocycles. The molecule has 1 N–H and O–H groups in total. The number of methoxy groups -OCH3 is 1. The second-order valence-corrected chi connectivity index (χ2v) is 6.27. The fourth-order valence-corrected chi connectivity index (χ4v) is 2.89. The Bertz CT molecular complexity index is 899. The summed E-state index contributed by atoms with van der Waals surface area (Å²) in [7, 11) is 1.45. The Morgan fingerprint density at radius 1 is 1.22 bits per heavy atom. The molecular formula is C18H14ClF3N2O3. The molecule has 0 fully saturated rings. The molecule has 0 unspecified atom stereocenters. The van der Waals surface area contributed by atoms with Crippen LogP contribution in [0, 0.1) is 0 Å². The topological polar surface area (TPSA) is 62.1 Å². The zero-order valence-corrected chi connectivity index (χ0v) is 14.8. The summed E-state index contributed by atoms with van der Waals surface area (Å²) < 4.78 is 45.8. The number of halogens is 4. The average Bonchev–Trinajstić information content (AvgIpc) is 3.00. The van der Waals surface area contributed by atoms with E-state index in [0.717, 1.165) is 0 Å². The van der Waals surface area contributed by atoms with Crippen molar-refractivity contribution in [3.8, 4) is 5.75 Å². The maximum atomic E-state index is 13.6. The molecule has 0 aromatic heterocycles. The van der Waals surface area contributed by atoms with Crippen LogP contribution in [0.4, 0.5) is 13.2 Å². The van der Waals surface area contributed by atoms with Crippen molar-refractivity contribution in [1.29, 1.82) is 0 Å². The molecule has 27 heavy (non-hydrogen) atoms. The molecule has 0 aliphatic carbocycles. The Morgan fingerprint density at radius 2 is 1.85 bits per heavy atom. The third-order valence-corrected chi connectivity index (χ3v) is 4.49. The van der Waals surface area contributed by atoms with Gasteiger partial charge in [0.25, 0.3) is 11.6 Å². The van der Waals surface area contributed by atoms with Crippen LogP contribution in [0.2, 0.25) is 5.02 Å². The summed E-state index contributed by atoms with van der Waals surface area (Å²) in [6, 6.07) is 11.7. The zero-order valence-electron chi connectivity index (χ0n) is 14.0. The van der Waals surface area contributed by atoms with Crippen LogP contribution in [0.5, 0.6) is 5.75 Å². The molecule has 1 aliphatic rings. The third-order valence-electron chi connectivity index (χ3n) is 4.16. The SMILES string of the molecule is COc1ccc(C2=NN(C(=O)c3ccccc3Cl)[C@](O)(C(F)(F)F)C2)cc1. The molecular weight excluding hydrogens is 385 g/mol. The van der Waals surface area contributed by atoms with E-state index in [-0.39, 0.29) is 21.3 Å². The third kappa shape index (κ3) is 3.38. The molecule has 5 nitrogen and oxygen atoms in total. The van der Waals surface area contributed by atoms with Crippen molar-refractivity contribution in [2.75, 3.05) is 7.11 Å². The minimum Gasteiger partial charge on any atom is -0.497 e. The van der Waals surface area contributed by atoms with E-state index < -0.39 is 24.2 Å². The van der Waals surface area contributed by atoms with E-state index in [4.69, 9.17) is 16.3 Å². The number of hydrogen-bond acceptors (Lipinski definition) is 4. The standard InChI is InChI=1S/C18H14ClF3N2O3/c1-27-12-8-6-11(7-9-12)15-10-17(26,18(20,21)22)24(23-15)16(25)13-4-2-3-5-14(13)19/h2-9,26H,10H2,1H3/t17-/m1/s1. The van der Waals surface area contributed by atoms with E-state index in [0.29, 0.717) is 11.3 Å². The predicted octanol–water partition coefficient (Wildman–Crippen LogP) is 3.85. The van der Waals surface area contributed by atoms with Gasteiger partial charge in [-0.1, -0.05) is 23.7 Å². The maximum Gasteiger partial charge on any atom is 0.438 e. The van der Waals surface area contributed by atoms with Crippen LogP contribution < -0.4 is 4.74 Å². The van der Waals surface area contributed by atoms with E-state index in [2.05, 4.69) is 5.10 Å². The first kappa shape index (κ1) is 19.2. The number of hydrazone groups is 1. The number of ether oxygens (including phenoxy) is 1. The molecule has 0 saturated carbocycles. The number of amides is 1. The van der Waals surface area contributed by atoms with Crippen LogP contribution >= 0.6 is 11.6 Å². The van der Waals surface area contributed by atoms with E-state index >= 15 is 0 Å². The summed E-state index contributed by atoms with van der Waals surface area (Å²) in [5.41, 5.74) is -3.43. The molecule has 0 spiro atoms. The lowest BCUT2D eigenvalue weighted by Gasteiger charge is -2.32. The van der Waals surface area contributed by atoms with Gasteiger partial charge >= 0.3 is 6.18 Å². The van der Waals surface area contributed by atoms with Crippen molar-refractivity contribution < 1.29 is 27.8 Å². The lowest BCUT2D eigenvalue weighted by molar-refractivity contribution is -0.297. The van der Waals surface area contributed by atoms with Gasteiger partial charge in [-0.25, -0.2) is 0 Å². The zero-order chi connectivity index (χ0) is 19.8. The fraction of sp³-hybridized carbons (Fsp3) is 0.222. The maximum absolute atomic E-state index is 13.6. The number of carbonyl (C=O) groups excluding carboxylic acids is 1. The van der Waals surface area contributed by atoms with Crippen LogP contribution in [0.15, 0.2) is 53.6 Å². The number of alkyl halides is 3. The van der Waals surface area contributed by atoms with Gasteiger partial charge in [0.1, 0.15) is 5.75 Å². The van der Waals surface area contributed by atoms with Gasteiger partial charge in [0.2, 0.25) is 0 Å². The van der Waals surface area contributed by atoms with Crippen molar-refractivity contribution in [3.63, 3.8) is 0 Å². The Morgan fingerprint density at radius 3 is 2.41 bits per heavy atom. The lowest BCUT2D eigenvalue weighted by atomic mass is 10.0. The number of carbonyl (C=O) groups is 1. The Labute approximate surface area is 157 Å². The average molecular weight is 399 g/mol. The lowest BCUT2D eigenvalue weighted by Crippen LogP contribution is -2.56. The number of nitrogens with zero attached hydrogens (tertiary/aromatic N) is 2. The normalized spacial score (nSPS) is 19.8. The smallest absolute Gasteiger partial charge is 0.438 e. The molecule has 2 aromatic carbocycles. The van der Waals surface area contributed by atoms with Gasteiger partial charge in [-0.2, -0.15) is 23.3 Å². The molecule has 3 rings (SSSR count). The van der Waals surface area contributed by atoms with Crippen molar-refractivity contribution in [2.24, 2.45) is 5.10 Å². The van der Waals surface area contributed by atoms with Crippen molar-refractivity contribution in [3.05, 3.63) is 64.7 Å².